The van der Waals surface area contributed by atoms with Gasteiger partial charge in [-0.3, -0.25) is 9.59 Å². The van der Waals surface area contributed by atoms with E-state index in [1.165, 1.54) is 4.90 Å². The van der Waals surface area contributed by atoms with E-state index in [1.807, 2.05) is 13.8 Å². The minimum atomic E-state index is -0.214. The van der Waals surface area contributed by atoms with Gasteiger partial charge in [-0.2, -0.15) is 0 Å². The Morgan fingerprint density at radius 2 is 1.90 bits per heavy atom. The molecule has 0 saturated heterocycles. The minimum absolute atomic E-state index is 0.0163. The number of hydrogen-bond donors (Lipinski definition) is 1. The molecule has 1 N–H and O–H groups in total. The number of rotatable bonds is 6. The van der Waals surface area contributed by atoms with Crippen molar-refractivity contribution < 1.29 is 14.3 Å². The number of hydrogen-bond acceptors (Lipinski definition) is 3. The lowest BCUT2D eigenvalue weighted by atomic mass is 10.1. The Kier molecular flexibility index (Phi) is 6.03. The van der Waals surface area contributed by atoms with Crippen molar-refractivity contribution in [2.45, 2.75) is 20.3 Å². The predicted molar refractivity (Wildman–Crippen MR) is 78.7 cm³/mol. The van der Waals surface area contributed by atoms with Crippen molar-refractivity contribution in [1.82, 2.24) is 4.90 Å². The van der Waals surface area contributed by atoms with Gasteiger partial charge in [0.1, 0.15) is 5.75 Å². The number of likely N-dealkylation sites (N-methyl/N-ethyl adjacent to an activating group) is 1. The number of nitrogens with one attached hydrogen (secondary N) is 1. The van der Waals surface area contributed by atoms with Crippen LogP contribution in [-0.2, 0) is 9.59 Å². The number of methoxy groups -OCH3 is 1. The van der Waals surface area contributed by atoms with Gasteiger partial charge in [-0.15, -0.1) is 0 Å². The topological polar surface area (TPSA) is 58.6 Å². The quantitative estimate of drug-likeness (QED) is 0.867. The van der Waals surface area contributed by atoms with Gasteiger partial charge < -0.3 is 15.0 Å². The zero-order valence-electron chi connectivity index (χ0n) is 12.5. The lowest BCUT2D eigenvalue weighted by Gasteiger charge is -2.20. The van der Waals surface area contributed by atoms with E-state index in [-0.39, 0.29) is 24.3 Å². The predicted octanol–water partition coefficient (Wildman–Crippen LogP) is 2.14. The summed E-state index contributed by atoms with van der Waals surface area (Å²) in [6.07, 6.45) is 0.767. The molecule has 2 amide bonds. The van der Waals surface area contributed by atoms with Gasteiger partial charge >= 0.3 is 0 Å². The van der Waals surface area contributed by atoms with E-state index in [4.69, 9.17) is 4.74 Å². The molecule has 0 spiro atoms. The van der Waals surface area contributed by atoms with E-state index in [0.717, 1.165) is 12.2 Å². The van der Waals surface area contributed by atoms with E-state index < -0.39 is 0 Å². The fraction of sp³-hybridized carbons (Fsp3) is 0.467. The minimum Gasteiger partial charge on any atom is -0.497 e. The van der Waals surface area contributed by atoms with Crippen molar-refractivity contribution >= 4 is 17.5 Å². The molecule has 1 aromatic rings. The lowest BCUT2D eigenvalue weighted by Crippen LogP contribution is -2.37. The second kappa shape index (κ2) is 7.53. The van der Waals surface area contributed by atoms with Gasteiger partial charge in [-0.05, 0) is 30.7 Å². The Hall–Kier alpha value is -2.04. The fourth-order valence-electron chi connectivity index (χ4n) is 1.72. The van der Waals surface area contributed by atoms with E-state index in [9.17, 15) is 9.59 Å². The van der Waals surface area contributed by atoms with Crippen molar-refractivity contribution in [2.75, 3.05) is 26.0 Å². The molecule has 0 saturated carbocycles. The molecular formula is C15H22N2O3. The highest BCUT2D eigenvalue weighted by Gasteiger charge is 2.17. The molecule has 0 aromatic heterocycles. The third-order valence-corrected chi connectivity index (χ3v) is 3.16. The number of ether oxygens (including phenoxy) is 1. The Morgan fingerprint density at radius 3 is 2.40 bits per heavy atom. The van der Waals surface area contributed by atoms with Gasteiger partial charge in [-0.1, -0.05) is 13.8 Å². The molecule has 1 aromatic carbocycles. The van der Waals surface area contributed by atoms with E-state index in [0.29, 0.717) is 5.69 Å². The van der Waals surface area contributed by atoms with Crippen LogP contribution in [0.5, 0.6) is 5.75 Å². The maximum absolute atomic E-state index is 11.9. The molecule has 0 aliphatic rings. The molecule has 1 atom stereocenters. The molecular weight excluding hydrogens is 256 g/mol. The van der Waals surface area contributed by atoms with Crippen LogP contribution in [0.1, 0.15) is 20.3 Å². The van der Waals surface area contributed by atoms with Crippen LogP contribution in [0.4, 0.5) is 5.69 Å². The first-order valence-electron chi connectivity index (χ1n) is 6.66. The van der Waals surface area contributed by atoms with E-state index in [1.54, 1.807) is 38.4 Å². The van der Waals surface area contributed by atoms with Gasteiger partial charge in [0.2, 0.25) is 11.8 Å². The molecule has 110 valence electrons. The number of carbonyl (C=O) groups excluding carboxylic acids is 2. The summed E-state index contributed by atoms with van der Waals surface area (Å²) in [7, 11) is 3.23. The molecule has 1 unspecified atom stereocenters. The highest BCUT2D eigenvalue weighted by atomic mass is 16.5. The number of benzene rings is 1. The molecule has 20 heavy (non-hydrogen) atoms. The van der Waals surface area contributed by atoms with Crippen LogP contribution in [0.3, 0.4) is 0 Å². The summed E-state index contributed by atoms with van der Waals surface area (Å²) in [4.78, 5) is 25.2. The van der Waals surface area contributed by atoms with Crippen molar-refractivity contribution in [3.63, 3.8) is 0 Å². The lowest BCUT2D eigenvalue weighted by molar-refractivity contribution is -0.136. The Morgan fingerprint density at radius 1 is 1.30 bits per heavy atom. The summed E-state index contributed by atoms with van der Waals surface area (Å²) >= 11 is 0. The van der Waals surface area contributed by atoms with Gasteiger partial charge in [0, 0.05) is 18.7 Å². The normalized spacial score (nSPS) is 11.6. The largest absolute Gasteiger partial charge is 0.497 e. The van der Waals surface area contributed by atoms with E-state index in [2.05, 4.69) is 5.32 Å². The maximum atomic E-state index is 11.9. The monoisotopic (exact) mass is 278 g/mol. The van der Waals surface area contributed by atoms with Gasteiger partial charge in [0.25, 0.3) is 0 Å². The summed E-state index contributed by atoms with van der Waals surface area (Å²) in [5.41, 5.74) is 0.681. The molecule has 5 heteroatoms. The first kappa shape index (κ1) is 16.0. The zero-order valence-corrected chi connectivity index (χ0v) is 12.5. The molecule has 0 aliphatic carbocycles. The van der Waals surface area contributed by atoms with Crippen molar-refractivity contribution in [1.29, 1.82) is 0 Å². The van der Waals surface area contributed by atoms with Crippen LogP contribution in [0.2, 0.25) is 0 Å². The van der Waals surface area contributed by atoms with Gasteiger partial charge in [-0.25, -0.2) is 0 Å². The first-order valence-corrected chi connectivity index (χ1v) is 6.66. The molecule has 0 fully saturated rings. The number of carbonyl (C=O) groups is 2. The smallest absolute Gasteiger partial charge is 0.243 e. The second-order valence-corrected chi connectivity index (χ2v) is 4.78. The van der Waals surface area contributed by atoms with E-state index >= 15 is 0 Å². The van der Waals surface area contributed by atoms with Crippen molar-refractivity contribution in [2.24, 2.45) is 5.92 Å². The maximum Gasteiger partial charge on any atom is 0.243 e. The van der Waals surface area contributed by atoms with Crippen LogP contribution < -0.4 is 10.1 Å². The summed E-state index contributed by atoms with van der Waals surface area (Å²) in [6.45, 7) is 3.86. The van der Waals surface area contributed by atoms with Gasteiger partial charge in [0.15, 0.2) is 0 Å². The van der Waals surface area contributed by atoms with Crippen LogP contribution >= 0.6 is 0 Å². The molecule has 0 aliphatic heterocycles. The standard InChI is InChI=1S/C15H22N2O3/c1-5-11(2)15(19)17(3)10-14(18)16-12-6-8-13(20-4)9-7-12/h6-9,11H,5,10H2,1-4H3,(H,16,18). The average molecular weight is 278 g/mol. The van der Waals surface area contributed by atoms with Crippen LogP contribution in [0.25, 0.3) is 0 Å². The number of anilines is 1. The third-order valence-electron chi connectivity index (χ3n) is 3.16. The first-order chi connectivity index (χ1) is 9.47. The molecule has 0 bridgehead atoms. The summed E-state index contributed by atoms with van der Waals surface area (Å²) in [5, 5.41) is 2.75. The zero-order chi connectivity index (χ0) is 15.1. The molecule has 0 heterocycles. The summed E-state index contributed by atoms with van der Waals surface area (Å²) < 4.78 is 5.04. The second-order valence-electron chi connectivity index (χ2n) is 4.78. The SMILES string of the molecule is CCC(C)C(=O)N(C)CC(=O)Nc1ccc(OC)cc1. The van der Waals surface area contributed by atoms with Crippen LogP contribution in [0, 0.1) is 5.92 Å². The van der Waals surface area contributed by atoms with Crippen molar-refractivity contribution in [3.05, 3.63) is 24.3 Å². The Labute approximate surface area is 119 Å². The average Bonchev–Trinajstić information content (AvgIpc) is 2.46. The molecule has 1 rings (SSSR count). The highest BCUT2D eigenvalue weighted by Crippen LogP contribution is 2.15. The third kappa shape index (κ3) is 4.57. The summed E-state index contributed by atoms with van der Waals surface area (Å²) in [6, 6.07) is 7.05. The van der Waals surface area contributed by atoms with Crippen LogP contribution in [-0.4, -0.2) is 37.4 Å². The number of amides is 2. The van der Waals surface area contributed by atoms with Gasteiger partial charge in [0.05, 0.1) is 13.7 Å². The highest BCUT2D eigenvalue weighted by molar-refractivity contribution is 5.94. The Balaban J connectivity index is 2.52. The van der Waals surface area contributed by atoms with Crippen LogP contribution in [0.15, 0.2) is 24.3 Å². The summed E-state index contributed by atoms with van der Waals surface area (Å²) in [5.74, 6) is 0.438. The number of nitrogens with zero attached hydrogens (tertiary/aromatic N) is 1. The Bertz CT molecular complexity index is 457. The fourth-order valence-corrected chi connectivity index (χ4v) is 1.72. The molecule has 5 nitrogen and oxygen atoms in total. The molecule has 0 radical (unpaired) electrons. The van der Waals surface area contributed by atoms with Crippen molar-refractivity contribution in [3.8, 4) is 5.75 Å².